The van der Waals surface area contributed by atoms with E-state index >= 15 is 0 Å². The van der Waals surface area contributed by atoms with Crippen LogP contribution in [-0.4, -0.2) is 29.4 Å². The van der Waals surface area contributed by atoms with Crippen LogP contribution in [0.15, 0.2) is 4.99 Å². The smallest absolute Gasteiger partial charge is 0.433 e. The van der Waals surface area contributed by atoms with Gasteiger partial charge in [-0.3, -0.25) is 0 Å². The van der Waals surface area contributed by atoms with Crippen LogP contribution in [0.2, 0.25) is 0 Å². The molecule has 0 atom stereocenters. The lowest BCUT2D eigenvalue weighted by molar-refractivity contribution is 0.0604. The molecule has 0 aliphatic heterocycles. The van der Waals surface area contributed by atoms with Crippen LogP contribution in [0.1, 0.15) is 46.5 Å². The Kier molecular flexibility index (Phi) is 5.50. The number of rotatable bonds is 2. The SMILES string of the molecule is CSC1CCC(/C=N/C(=O)OC(C)(C)C)CC1. The van der Waals surface area contributed by atoms with Crippen molar-refractivity contribution in [3.05, 3.63) is 0 Å². The molecule has 0 unspecified atom stereocenters. The van der Waals surface area contributed by atoms with Crippen LogP contribution in [0.3, 0.4) is 0 Å². The number of hydrogen-bond acceptors (Lipinski definition) is 3. The van der Waals surface area contributed by atoms with E-state index < -0.39 is 11.7 Å². The summed E-state index contributed by atoms with van der Waals surface area (Å²) >= 11 is 1.94. The highest BCUT2D eigenvalue weighted by molar-refractivity contribution is 7.99. The van der Waals surface area contributed by atoms with Gasteiger partial charge in [-0.1, -0.05) is 0 Å². The third-order valence-corrected chi connectivity index (χ3v) is 3.97. The van der Waals surface area contributed by atoms with Gasteiger partial charge >= 0.3 is 6.09 Å². The van der Waals surface area contributed by atoms with Crippen LogP contribution in [0, 0.1) is 5.92 Å². The van der Waals surface area contributed by atoms with Crippen LogP contribution < -0.4 is 0 Å². The first-order chi connectivity index (χ1) is 7.90. The lowest BCUT2D eigenvalue weighted by Gasteiger charge is -2.24. The first-order valence-electron chi connectivity index (χ1n) is 6.20. The maximum absolute atomic E-state index is 11.4. The van der Waals surface area contributed by atoms with E-state index in [1.807, 2.05) is 32.5 Å². The molecule has 3 nitrogen and oxygen atoms in total. The number of nitrogens with zero attached hydrogens (tertiary/aromatic N) is 1. The monoisotopic (exact) mass is 257 g/mol. The van der Waals surface area contributed by atoms with Crippen molar-refractivity contribution in [1.82, 2.24) is 0 Å². The Hall–Kier alpha value is -0.510. The van der Waals surface area contributed by atoms with Gasteiger partial charge in [0.15, 0.2) is 0 Å². The normalized spacial score (nSPS) is 26.1. The van der Waals surface area contributed by atoms with Gasteiger partial charge in [0, 0.05) is 11.5 Å². The van der Waals surface area contributed by atoms with Crippen molar-refractivity contribution in [2.45, 2.75) is 57.3 Å². The molecular weight excluding hydrogens is 234 g/mol. The van der Waals surface area contributed by atoms with Crippen molar-refractivity contribution in [3.63, 3.8) is 0 Å². The average molecular weight is 257 g/mol. The van der Waals surface area contributed by atoms with Gasteiger partial charge in [-0.25, -0.2) is 4.79 Å². The molecule has 1 saturated carbocycles. The molecule has 0 bridgehead atoms. The van der Waals surface area contributed by atoms with E-state index in [9.17, 15) is 4.79 Å². The minimum Gasteiger partial charge on any atom is -0.442 e. The molecule has 1 rings (SSSR count). The van der Waals surface area contributed by atoms with Crippen LogP contribution in [-0.2, 0) is 4.74 Å². The fourth-order valence-electron chi connectivity index (χ4n) is 1.93. The Morgan fingerprint density at radius 3 is 2.35 bits per heavy atom. The van der Waals surface area contributed by atoms with E-state index in [1.54, 1.807) is 6.21 Å². The Bertz CT molecular complexity index is 276. The molecule has 4 heteroatoms. The van der Waals surface area contributed by atoms with E-state index in [0.29, 0.717) is 5.92 Å². The largest absolute Gasteiger partial charge is 0.442 e. The highest BCUT2D eigenvalue weighted by Gasteiger charge is 2.20. The van der Waals surface area contributed by atoms with E-state index in [0.717, 1.165) is 18.1 Å². The maximum atomic E-state index is 11.4. The summed E-state index contributed by atoms with van der Waals surface area (Å²) in [4.78, 5) is 15.3. The summed E-state index contributed by atoms with van der Waals surface area (Å²) in [5, 5.41) is 0.793. The summed E-state index contributed by atoms with van der Waals surface area (Å²) in [6.07, 6.45) is 8.21. The summed E-state index contributed by atoms with van der Waals surface area (Å²) in [5.74, 6) is 0.450. The first-order valence-corrected chi connectivity index (χ1v) is 7.49. The van der Waals surface area contributed by atoms with E-state index in [-0.39, 0.29) is 0 Å². The second-order valence-corrected chi connectivity index (χ2v) is 6.67. The van der Waals surface area contributed by atoms with E-state index in [2.05, 4.69) is 11.2 Å². The molecule has 0 aromatic carbocycles. The van der Waals surface area contributed by atoms with Crippen molar-refractivity contribution in [2.24, 2.45) is 10.9 Å². The van der Waals surface area contributed by atoms with Crippen LogP contribution in [0.5, 0.6) is 0 Å². The summed E-state index contributed by atoms with van der Waals surface area (Å²) < 4.78 is 5.13. The fourth-order valence-corrected chi connectivity index (χ4v) is 2.67. The number of ether oxygens (including phenoxy) is 1. The predicted molar refractivity (Wildman–Crippen MR) is 74.0 cm³/mol. The Labute approximate surface area is 108 Å². The molecule has 0 radical (unpaired) electrons. The third kappa shape index (κ3) is 6.10. The van der Waals surface area contributed by atoms with Crippen molar-refractivity contribution in [1.29, 1.82) is 0 Å². The molecule has 0 spiro atoms. The minimum atomic E-state index is -0.468. The highest BCUT2D eigenvalue weighted by Crippen LogP contribution is 2.29. The van der Waals surface area contributed by atoms with Gasteiger partial charge in [0.1, 0.15) is 5.60 Å². The Balaban J connectivity index is 2.32. The summed E-state index contributed by atoms with van der Waals surface area (Å²) in [7, 11) is 0. The molecule has 1 aliphatic carbocycles. The molecule has 1 aliphatic rings. The molecular formula is C13H23NO2S. The Morgan fingerprint density at radius 1 is 1.29 bits per heavy atom. The van der Waals surface area contributed by atoms with Crippen molar-refractivity contribution < 1.29 is 9.53 Å². The van der Waals surface area contributed by atoms with Crippen molar-refractivity contribution in [3.8, 4) is 0 Å². The average Bonchev–Trinajstić information content (AvgIpc) is 2.25. The maximum Gasteiger partial charge on any atom is 0.433 e. The van der Waals surface area contributed by atoms with E-state index in [4.69, 9.17) is 4.74 Å². The fraction of sp³-hybridized carbons (Fsp3) is 0.846. The summed E-state index contributed by atoms with van der Waals surface area (Å²) in [6, 6.07) is 0. The molecule has 0 aromatic heterocycles. The molecule has 0 N–H and O–H groups in total. The molecule has 1 amide bonds. The second-order valence-electron chi connectivity index (χ2n) is 5.53. The van der Waals surface area contributed by atoms with Gasteiger partial charge in [-0.15, -0.1) is 0 Å². The van der Waals surface area contributed by atoms with Gasteiger partial charge in [0.25, 0.3) is 0 Å². The number of carbonyl (C=O) groups excluding carboxylic acids is 1. The zero-order chi connectivity index (χ0) is 12.9. The first kappa shape index (κ1) is 14.6. The second kappa shape index (κ2) is 6.43. The molecule has 98 valence electrons. The molecule has 0 saturated heterocycles. The number of thioether (sulfide) groups is 1. The van der Waals surface area contributed by atoms with Crippen LogP contribution in [0.4, 0.5) is 4.79 Å². The van der Waals surface area contributed by atoms with Crippen molar-refractivity contribution in [2.75, 3.05) is 6.26 Å². The minimum absolute atomic E-state index is 0.450. The number of hydrogen-bond donors (Lipinski definition) is 0. The summed E-state index contributed by atoms with van der Waals surface area (Å²) in [6.45, 7) is 5.55. The standard InChI is InChI=1S/C13H23NO2S/c1-13(2,3)16-12(15)14-9-10-5-7-11(17-4)8-6-10/h9-11H,5-8H2,1-4H3/b14-9+. The highest BCUT2D eigenvalue weighted by atomic mass is 32.2. The number of carbonyl (C=O) groups is 1. The van der Waals surface area contributed by atoms with Crippen LogP contribution >= 0.6 is 11.8 Å². The van der Waals surface area contributed by atoms with Gasteiger partial charge in [0.05, 0.1) is 0 Å². The topological polar surface area (TPSA) is 38.7 Å². The summed E-state index contributed by atoms with van der Waals surface area (Å²) in [5.41, 5.74) is -0.453. The lowest BCUT2D eigenvalue weighted by Crippen LogP contribution is -2.22. The van der Waals surface area contributed by atoms with Crippen molar-refractivity contribution >= 4 is 24.1 Å². The van der Waals surface area contributed by atoms with Gasteiger partial charge in [0.2, 0.25) is 0 Å². The lowest BCUT2D eigenvalue weighted by atomic mass is 9.90. The van der Waals surface area contributed by atoms with Gasteiger partial charge in [-0.2, -0.15) is 16.8 Å². The van der Waals surface area contributed by atoms with Gasteiger partial charge < -0.3 is 4.74 Å². The molecule has 1 fully saturated rings. The Morgan fingerprint density at radius 2 is 1.88 bits per heavy atom. The van der Waals surface area contributed by atoms with Gasteiger partial charge in [-0.05, 0) is 58.6 Å². The van der Waals surface area contributed by atoms with E-state index in [1.165, 1.54) is 12.8 Å². The molecule has 17 heavy (non-hydrogen) atoms. The number of aliphatic imine (C=N–C) groups is 1. The quantitative estimate of drug-likeness (QED) is 0.704. The third-order valence-electron chi connectivity index (χ3n) is 2.84. The molecule has 0 aromatic rings. The number of amides is 1. The zero-order valence-corrected chi connectivity index (χ0v) is 12.0. The van der Waals surface area contributed by atoms with Crippen LogP contribution in [0.25, 0.3) is 0 Å². The predicted octanol–water partition coefficient (Wildman–Crippen LogP) is 3.91. The molecule has 0 heterocycles. The zero-order valence-electron chi connectivity index (χ0n) is 11.2.